The predicted octanol–water partition coefficient (Wildman–Crippen LogP) is 3.29. The topological polar surface area (TPSA) is 92.3 Å². The van der Waals surface area contributed by atoms with Crippen molar-refractivity contribution < 1.29 is 13.2 Å². The van der Waals surface area contributed by atoms with Crippen LogP contribution in [0.3, 0.4) is 0 Å². The Labute approximate surface area is 183 Å². The summed E-state index contributed by atoms with van der Waals surface area (Å²) in [4.78, 5) is 22.2. The van der Waals surface area contributed by atoms with E-state index < -0.39 is 10.0 Å². The molecule has 1 saturated heterocycles. The van der Waals surface area contributed by atoms with E-state index in [2.05, 4.69) is 15.3 Å². The van der Waals surface area contributed by atoms with Crippen LogP contribution < -0.4 is 5.32 Å². The van der Waals surface area contributed by atoms with Gasteiger partial charge in [-0.1, -0.05) is 0 Å². The third kappa shape index (κ3) is 4.61. The molecule has 0 aromatic carbocycles. The number of pyridine rings is 1. The lowest BCUT2D eigenvalue weighted by Gasteiger charge is -2.30. The van der Waals surface area contributed by atoms with Gasteiger partial charge in [0.05, 0.1) is 18.2 Å². The first-order valence-electron chi connectivity index (χ1n) is 9.62. The number of thiophene rings is 1. The van der Waals surface area contributed by atoms with Crippen molar-refractivity contribution in [2.75, 3.05) is 13.1 Å². The first kappa shape index (κ1) is 21.1. The van der Waals surface area contributed by atoms with Gasteiger partial charge in [-0.2, -0.15) is 4.31 Å². The minimum Gasteiger partial charge on any atom is -0.349 e. The van der Waals surface area contributed by atoms with Gasteiger partial charge in [-0.3, -0.25) is 9.78 Å². The number of nitrogens with one attached hydrogen (secondary N) is 1. The molecule has 1 amide bonds. The van der Waals surface area contributed by atoms with Gasteiger partial charge < -0.3 is 5.32 Å². The minimum absolute atomic E-state index is 0.127. The summed E-state index contributed by atoms with van der Waals surface area (Å²) < 4.78 is 27.5. The molecule has 3 aromatic heterocycles. The number of hydrogen-bond acceptors (Lipinski definition) is 7. The second kappa shape index (κ2) is 8.93. The molecule has 30 heavy (non-hydrogen) atoms. The number of rotatable bonds is 6. The van der Waals surface area contributed by atoms with Crippen LogP contribution in [0.25, 0.3) is 11.3 Å². The van der Waals surface area contributed by atoms with E-state index in [1.54, 1.807) is 24.5 Å². The van der Waals surface area contributed by atoms with E-state index in [-0.39, 0.29) is 18.4 Å². The third-order valence-corrected chi connectivity index (χ3v) is 9.19. The Kier molecular flexibility index (Phi) is 6.28. The molecule has 1 unspecified atom stereocenters. The molecule has 10 heteroatoms. The average molecular weight is 463 g/mol. The summed E-state index contributed by atoms with van der Waals surface area (Å²) in [6, 6.07) is 7.23. The standard InChI is InChI=1S/C20H22N4O3S3/c1-14-4-5-19(29-14)30(26,27)24-10-2-3-16(12-24)20(25)22-11-18-23-17(13-28-18)15-6-8-21-9-7-15/h4-9,13,16H,2-3,10-12H2,1H3,(H,22,25). The summed E-state index contributed by atoms with van der Waals surface area (Å²) in [6.07, 6.45) is 4.79. The SMILES string of the molecule is Cc1ccc(S(=O)(=O)N2CCCC(C(=O)NCc3nc(-c4ccncc4)cs3)C2)s1. The zero-order valence-corrected chi connectivity index (χ0v) is 18.9. The van der Waals surface area contributed by atoms with Crippen molar-refractivity contribution in [2.24, 2.45) is 5.92 Å². The highest BCUT2D eigenvalue weighted by atomic mass is 32.2. The van der Waals surface area contributed by atoms with Crippen molar-refractivity contribution >= 4 is 38.6 Å². The predicted molar refractivity (Wildman–Crippen MR) is 118 cm³/mol. The number of piperidine rings is 1. The maximum absolute atomic E-state index is 12.9. The number of aromatic nitrogens is 2. The monoisotopic (exact) mass is 462 g/mol. The molecule has 0 spiro atoms. The lowest BCUT2D eigenvalue weighted by atomic mass is 9.99. The van der Waals surface area contributed by atoms with E-state index in [1.807, 2.05) is 24.4 Å². The van der Waals surface area contributed by atoms with Crippen molar-refractivity contribution in [1.29, 1.82) is 0 Å². The van der Waals surface area contributed by atoms with Crippen molar-refractivity contribution in [3.8, 4) is 11.3 Å². The second-order valence-corrected chi connectivity index (χ2v) is 11.5. The van der Waals surface area contributed by atoms with Gasteiger partial charge in [-0.25, -0.2) is 13.4 Å². The van der Waals surface area contributed by atoms with Crippen LogP contribution in [0.15, 0.2) is 46.2 Å². The first-order chi connectivity index (χ1) is 14.4. The van der Waals surface area contributed by atoms with Gasteiger partial charge >= 0.3 is 0 Å². The zero-order chi connectivity index (χ0) is 21.1. The molecule has 1 aliphatic rings. The number of nitrogens with zero attached hydrogens (tertiary/aromatic N) is 3. The molecule has 1 atom stereocenters. The van der Waals surface area contributed by atoms with Crippen LogP contribution in [0.5, 0.6) is 0 Å². The number of thiazole rings is 1. The van der Waals surface area contributed by atoms with Crippen LogP contribution in [-0.2, 0) is 21.4 Å². The minimum atomic E-state index is -3.55. The Morgan fingerprint density at radius 3 is 2.80 bits per heavy atom. The molecule has 0 aliphatic carbocycles. The largest absolute Gasteiger partial charge is 0.349 e. The van der Waals surface area contributed by atoms with Crippen molar-refractivity contribution in [2.45, 2.75) is 30.5 Å². The summed E-state index contributed by atoms with van der Waals surface area (Å²) in [5.74, 6) is -0.480. The molecule has 1 fully saturated rings. The van der Waals surface area contributed by atoms with Crippen LogP contribution in [0.4, 0.5) is 0 Å². The Hall–Kier alpha value is -2.14. The molecular formula is C20H22N4O3S3. The Balaban J connectivity index is 1.36. The Bertz CT molecular complexity index is 1130. The molecule has 0 saturated carbocycles. The van der Waals surface area contributed by atoms with Crippen LogP contribution in [0.1, 0.15) is 22.7 Å². The number of sulfonamides is 1. The van der Waals surface area contributed by atoms with E-state index in [0.717, 1.165) is 21.1 Å². The van der Waals surface area contributed by atoms with E-state index in [4.69, 9.17) is 0 Å². The van der Waals surface area contributed by atoms with E-state index >= 15 is 0 Å². The summed E-state index contributed by atoms with van der Waals surface area (Å²) in [7, 11) is -3.55. The van der Waals surface area contributed by atoms with Gasteiger partial charge in [0.15, 0.2) is 0 Å². The smallest absolute Gasteiger partial charge is 0.252 e. The summed E-state index contributed by atoms with van der Waals surface area (Å²) in [5.41, 5.74) is 1.84. The van der Waals surface area contributed by atoms with Crippen LogP contribution in [0.2, 0.25) is 0 Å². The fourth-order valence-electron chi connectivity index (χ4n) is 3.41. The highest BCUT2D eigenvalue weighted by Crippen LogP contribution is 2.28. The Morgan fingerprint density at radius 1 is 1.27 bits per heavy atom. The molecule has 4 rings (SSSR count). The van der Waals surface area contributed by atoms with Crippen LogP contribution in [0, 0.1) is 12.8 Å². The van der Waals surface area contributed by atoms with E-state index in [1.165, 1.54) is 27.0 Å². The normalized spacial score (nSPS) is 17.7. The summed E-state index contributed by atoms with van der Waals surface area (Å²) >= 11 is 2.75. The maximum atomic E-state index is 12.9. The number of hydrogen-bond donors (Lipinski definition) is 1. The highest BCUT2D eigenvalue weighted by Gasteiger charge is 2.34. The van der Waals surface area contributed by atoms with E-state index in [0.29, 0.717) is 30.1 Å². The highest BCUT2D eigenvalue weighted by molar-refractivity contribution is 7.91. The maximum Gasteiger partial charge on any atom is 0.252 e. The van der Waals surface area contributed by atoms with Crippen LogP contribution in [-0.4, -0.2) is 41.7 Å². The van der Waals surface area contributed by atoms with Gasteiger partial charge in [-0.15, -0.1) is 22.7 Å². The van der Waals surface area contributed by atoms with Gasteiger partial charge in [0.2, 0.25) is 5.91 Å². The lowest BCUT2D eigenvalue weighted by Crippen LogP contribution is -2.45. The van der Waals surface area contributed by atoms with Gasteiger partial charge in [0.25, 0.3) is 10.0 Å². The summed E-state index contributed by atoms with van der Waals surface area (Å²) in [5, 5.41) is 5.69. The molecule has 0 radical (unpaired) electrons. The summed E-state index contributed by atoms with van der Waals surface area (Å²) in [6.45, 7) is 2.88. The number of carbonyl (C=O) groups is 1. The van der Waals surface area contributed by atoms with Gasteiger partial charge in [0.1, 0.15) is 9.22 Å². The van der Waals surface area contributed by atoms with E-state index in [9.17, 15) is 13.2 Å². The average Bonchev–Trinajstić information content (AvgIpc) is 3.42. The van der Waals surface area contributed by atoms with Gasteiger partial charge in [0, 0.05) is 41.3 Å². The molecule has 4 heterocycles. The molecular weight excluding hydrogens is 440 g/mol. The quantitative estimate of drug-likeness (QED) is 0.607. The van der Waals surface area contributed by atoms with Crippen molar-refractivity contribution in [3.05, 3.63) is 51.9 Å². The second-order valence-electron chi connectivity index (χ2n) is 7.15. The third-order valence-electron chi connectivity index (χ3n) is 5.01. The molecule has 3 aromatic rings. The number of amides is 1. The fourth-order valence-corrected chi connectivity index (χ4v) is 7.11. The molecule has 1 N–H and O–H groups in total. The lowest BCUT2D eigenvalue weighted by molar-refractivity contribution is -0.126. The fraction of sp³-hybridized carbons (Fsp3) is 0.350. The molecule has 158 valence electrons. The number of aryl methyl sites for hydroxylation is 1. The first-order valence-corrected chi connectivity index (χ1v) is 12.8. The number of carbonyl (C=O) groups excluding carboxylic acids is 1. The molecule has 0 bridgehead atoms. The Morgan fingerprint density at radius 2 is 2.07 bits per heavy atom. The van der Waals surface area contributed by atoms with Crippen LogP contribution >= 0.6 is 22.7 Å². The van der Waals surface area contributed by atoms with Gasteiger partial charge in [-0.05, 0) is 44.0 Å². The van der Waals surface area contributed by atoms with Crippen molar-refractivity contribution in [1.82, 2.24) is 19.6 Å². The molecule has 7 nitrogen and oxygen atoms in total. The zero-order valence-electron chi connectivity index (χ0n) is 16.4. The molecule has 1 aliphatic heterocycles. The van der Waals surface area contributed by atoms with Crippen molar-refractivity contribution in [3.63, 3.8) is 0 Å².